The lowest BCUT2D eigenvalue weighted by molar-refractivity contribution is 0.0564. The van der Waals surface area contributed by atoms with Crippen molar-refractivity contribution in [3.05, 3.63) is 88.6 Å². The second-order valence-electron chi connectivity index (χ2n) is 7.81. The Bertz CT molecular complexity index is 1370. The summed E-state index contributed by atoms with van der Waals surface area (Å²) in [4.78, 5) is 26.6. The third-order valence-electron chi connectivity index (χ3n) is 5.56. The number of amides is 2. The van der Waals surface area contributed by atoms with Crippen molar-refractivity contribution in [2.45, 2.75) is 6.54 Å². The summed E-state index contributed by atoms with van der Waals surface area (Å²) in [5, 5.41) is 8.26. The third-order valence-corrected chi connectivity index (χ3v) is 5.56. The fourth-order valence-electron chi connectivity index (χ4n) is 3.87. The van der Waals surface area contributed by atoms with Crippen molar-refractivity contribution in [1.29, 1.82) is 0 Å². The number of fused-ring (bicyclic) bond motifs is 1. The first-order valence-corrected chi connectivity index (χ1v) is 10.6. The summed E-state index contributed by atoms with van der Waals surface area (Å²) < 4.78 is 22.1. The van der Waals surface area contributed by atoms with Gasteiger partial charge in [0.2, 0.25) is 0 Å². The van der Waals surface area contributed by atoms with E-state index in [1.807, 2.05) is 24.3 Å². The Labute approximate surface area is 188 Å². The minimum Gasteiger partial charge on any atom is -0.378 e. The zero-order chi connectivity index (χ0) is 22.8. The number of aromatic nitrogens is 3. The van der Waals surface area contributed by atoms with Gasteiger partial charge < -0.3 is 15.0 Å². The fourth-order valence-corrected chi connectivity index (χ4v) is 3.87. The lowest BCUT2D eigenvalue weighted by Gasteiger charge is -2.27. The Kier molecular flexibility index (Phi) is 5.62. The highest BCUT2D eigenvalue weighted by atomic mass is 19.1. The Balaban J connectivity index is 1.38. The minimum atomic E-state index is -0.341. The highest BCUT2D eigenvalue weighted by Gasteiger charge is 2.17. The molecule has 1 fully saturated rings. The predicted molar refractivity (Wildman–Crippen MR) is 122 cm³/mol. The second-order valence-corrected chi connectivity index (χ2v) is 7.81. The van der Waals surface area contributed by atoms with E-state index in [9.17, 15) is 14.0 Å². The number of hydrogen-bond acceptors (Lipinski definition) is 4. The number of morpholine rings is 1. The van der Waals surface area contributed by atoms with Crippen LogP contribution in [0.15, 0.2) is 71.7 Å². The number of carbonyl (C=O) groups excluding carboxylic acids is 1. The number of urea groups is 1. The molecule has 0 aliphatic carbocycles. The standard InChI is InChI=1S/C24H22FN5O3/c25-19-5-4-18-8-9-29(21(18)15-19)22-6-7-23(31)30(27-22)16-17-2-1-3-20(14-17)26-24(32)28-10-12-33-13-11-28/h1-9,14-15H,10-13,16H2,(H,26,32). The van der Waals surface area contributed by atoms with Gasteiger partial charge in [-0.1, -0.05) is 12.1 Å². The molecule has 2 amide bonds. The maximum absolute atomic E-state index is 13.8. The van der Waals surface area contributed by atoms with E-state index in [1.165, 1.54) is 22.9 Å². The molecule has 1 aliphatic rings. The summed E-state index contributed by atoms with van der Waals surface area (Å²) in [5.74, 6) is 0.165. The molecule has 1 aliphatic heterocycles. The zero-order valence-corrected chi connectivity index (χ0v) is 17.8. The van der Waals surface area contributed by atoms with Crippen molar-refractivity contribution < 1.29 is 13.9 Å². The van der Waals surface area contributed by atoms with Crippen LogP contribution >= 0.6 is 0 Å². The number of hydrogen-bond donors (Lipinski definition) is 1. The molecule has 168 valence electrons. The fraction of sp³-hybridized carbons (Fsp3) is 0.208. The van der Waals surface area contributed by atoms with Crippen LogP contribution in [0.3, 0.4) is 0 Å². The molecule has 8 nitrogen and oxygen atoms in total. The van der Waals surface area contributed by atoms with Crippen molar-refractivity contribution >= 4 is 22.6 Å². The van der Waals surface area contributed by atoms with Crippen LogP contribution in [0.2, 0.25) is 0 Å². The van der Waals surface area contributed by atoms with Crippen LogP contribution < -0.4 is 10.9 Å². The van der Waals surface area contributed by atoms with Crippen molar-refractivity contribution in [3.8, 4) is 5.82 Å². The van der Waals surface area contributed by atoms with Gasteiger partial charge in [0.25, 0.3) is 5.56 Å². The number of halogens is 1. The molecule has 1 N–H and O–H groups in total. The van der Waals surface area contributed by atoms with Crippen LogP contribution in [0.1, 0.15) is 5.56 Å². The maximum Gasteiger partial charge on any atom is 0.321 e. The van der Waals surface area contributed by atoms with Crippen molar-refractivity contribution in [3.63, 3.8) is 0 Å². The van der Waals surface area contributed by atoms with Crippen molar-refractivity contribution in [1.82, 2.24) is 19.2 Å². The van der Waals surface area contributed by atoms with E-state index in [0.29, 0.717) is 43.3 Å². The molecule has 33 heavy (non-hydrogen) atoms. The normalized spacial score (nSPS) is 13.9. The van der Waals surface area contributed by atoms with Gasteiger partial charge in [-0.25, -0.2) is 13.9 Å². The van der Waals surface area contributed by atoms with Gasteiger partial charge in [-0.3, -0.25) is 9.36 Å². The smallest absolute Gasteiger partial charge is 0.321 e. The zero-order valence-electron chi connectivity index (χ0n) is 17.8. The molecular formula is C24H22FN5O3. The molecular weight excluding hydrogens is 425 g/mol. The van der Waals surface area contributed by atoms with Crippen LogP contribution in [0.5, 0.6) is 0 Å². The lowest BCUT2D eigenvalue weighted by Crippen LogP contribution is -2.43. The molecule has 1 saturated heterocycles. The summed E-state index contributed by atoms with van der Waals surface area (Å²) in [6, 6.07) is 16.6. The molecule has 0 spiro atoms. The van der Waals surface area contributed by atoms with E-state index in [-0.39, 0.29) is 24.0 Å². The van der Waals surface area contributed by atoms with Crippen LogP contribution in [-0.2, 0) is 11.3 Å². The van der Waals surface area contributed by atoms with Gasteiger partial charge in [-0.05, 0) is 48.0 Å². The summed E-state index contributed by atoms with van der Waals surface area (Å²) in [6.07, 6.45) is 1.79. The number of anilines is 1. The Morgan fingerprint density at radius 2 is 1.91 bits per heavy atom. The molecule has 0 unspecified atom stereocenters. The number of ether oxygens (including phenoxy) is 1. The third kappa shape index (κ3) is 4.49. The van der Waals surface area contributed by atoms with E-state index in [1.54, 1.807) is 33.9 Å². The molecule has 3 heterocycles. The summed E-state index contributed by atoms with van der Waals surface area (Å²) in [7, 11) is 0. The molecule has 0 saturated carbocycles. The highest BCUT2D eigenvalue weighted by Crippen LogP contribution is 2.20. The first kappa shape index (κ1) is 20.9. The monoisotopic (exact) mass is 447 g/mol. The molecule has 2 aromatic carbocycles. The van der Waals surface area contributed by atoms with Gasteiger partial charge in [-0.2, -0.15) is 5.10 Å². The van der Waals surface area contributed by atoms with Gasteiger partial charge in [0, 0.05) is 36.4 Å². The van der Waals surface area contributed by atoms with Crippen LogP contribution in [0.25, 0.3) is 16.7 Å². The highest BCUT2D eigenvalue weighted by molar-refractivity contribution is 5.89. The molecule has 9 heteroatoms. The van der Waals surface area contributed by atoms with Gasteiger partial charge in [0.15, 0.2) is 5.82 Å². The number of rotatable bonds is 4. The number of benzene rings is 2. The van der Waals surface area contributed by atoms with Gasteiger partial charge in [0.1, 0.15) is 5.82 Å². The van der Waals surface area contributed by atoms with Crippen LogP contribution in [0, 0.1) is 5.82 Å². The Hall–Kier alpha value is -3.98. The largest absolute Gasteiger partial charge is 0.378 e. The van der Waals surface area contributed by atoms with Gasteiger partial charge in [0.05, 0.1) is 25.3 Å². The van der Waals surface area contributed by atoms with E-state index >= 15 is 0 Å². The average molecular weight is 447 g/mol. The van der Waals surface area contributed by atoms with E-state index in [4.69, 9.17) is 4.74 Å². The SMILES string of the molecule is O=C(Nc1cccc(Cn2nc(-n3ccc4ccc(F)cc43)ccc2=O)c1)N1CCOCC1. The minimum absolute atomic E-state index is 0.181. The lowest BCUT2D eigenvalue weighted by atomic mass is 10.2. The molecule has 4 aromatic rings. The van der Waals surface area contributed by atoms with Crippen LogP contribution in [0.4, 0.5) is 14.9 Å². The first-order chi connectivity index (χ1) is 16.1. The Morgan fingerprint density at radius 1 is 1.06 bits per heavy atom. The molecule has 0 radical (unpaired) electrons. The van der Waals surface area contributed by atoms with E-state index in [2.05, 4.69) is 10.4 Å². The number of nitrogens with one attached hydrogen (secondary N) is 1. The van der Waals surface area contributed by atoms with E-state index in [0.717, 1.165) is 10.9 Å². The average Bonchev–Trinajstić information content (AvgIpc) is 3.24. The summed E-state index contributed by atoms with van der Waals surface area (Å²) in [6.45, 7) is 2.39. The molecule has 2 aromatic heterocycles. The second kappa shape index (κ2) is 8.87. The van der Waals surface area contributed by atoms with Crippen molar-refractivity contribution in [2.24, 2.45) is 0 Å². The quantitative estimate of drug-likeness (QED) is 0.521. The number of nitrogens with zero attached hydrogens (tertiary/aromatic N) is 4. The van der Waals surface area contributed by atoms with Gasteiger partial charge >= 0.3 is 6.03 Å². The molecule has 5 rings (SSSR count). The Morgan fingerprint density at radius 3 is 2.76 bits per heavy atom. The maximum atomic E-state index is 13.8. The summed E-state index contributed by atoms with van der Waals surface area (Å²) in [5.41, 5.74) is 1.86. The van der Waals surface area contributed by atoms with Crippen LogP contribution in [-0.4, -0.2) is 51.6 Å². The summed E-state index contributed by atoms with van der Waals surface area (Å²) >= 11 is 0. The topological polar surface area (TPSA) is 81.4 Å². The van der Waals surface area contributed by atoms with E-state index < -0.39 is 0 Å². The predicted octanol–water partition coefficient (Wildman–Crippen LogP) is 3.24. The van der Waals surface area contributed by atoms with Crippen molar-refractivity contribution in [2.75, 3.05) is 31.6 Å². The molecule has 0 atom stereocenters. The molecule has 0 bridgehead atoms. The first-order valence-electron chi connectivity index (χ1n) is 10.6. The number of carbonyl (C=O) groups is 1. The van der Waals surface area contributed by atoms with Gasteiger partial charge in [-0.15, -0.1) is 0 Å².